The molecule has 1 amide bonds. The number of piperazine rings is 2. The zero-order valence-electron chi connectivity index (χ0n) is 21.1. The van der Waals surface area contributed by atoms with Crippen LogP contribution in [0, 0.1) is 5.82 Å². The number of nitrogens with zero attached hydrogens (tertiary/aromatic N) is 4. The van der Waals surface area contributed by atoms with Gasteiger partial charge in [0.25, 0.3) is 0 Å². The molecule has 3 aromatic rings. The van der Waals surface area contributed by atoms with Crippen LogP contribution in [-0.2, 0) is 24.8 Å². The number of benzene rings is 3. The van der Waals surface area contributed by atoms with Crippen LogP contribution in [0.25, 0.3) is 0 Å². The highest BCUT2D eigenvalue weighted by Gasteiger charge is 2.45. The number of halogens is 1. The molecular formula is C27H29FN4O5S2. The lowest BCUT2D eigenvalue weighted by Crippen LogP contribution is -2.63. The Balaban J connectivity index is 1.40. The molecule has 0 saturated carbocycles. The van der Waals surface area contributed by atoms with Crippen molar-refractivity contribution in [2.75, 3.05) is 50.7 Å². The molecule has 39 heavy (non-hydrogen) atoms. The largest absolute Gasteiger partial charge is 0.368 e. The molecule has 206 valence electrons. The number of sulfonamides is 2. The molecule has 1 atom stereocenters. The van der Waals surface area contributed by atoms with Gasteiger partial charge in [-0.3, -0.25) is 4.79 Å². The lowest BCUT2D eigenvalue weighted by molar-refractivity contribution is -0.136. The first-order valence-electron chi connectivity index (χ1n) is 12.6. The Morgan fingerprint density at radius 3 is 1.77 bits per heavy atom. The molecule has 0 unspecified atom stereocenters. The van der Waals surface area contributed by atoms with E-state index in [9.17, 15) is 26.0 Å². The molecule has 2 heterocycles. The van der Waals surface area contributed by atoms with E-state index in [1.54, 1.807) is 53.4 Å². The molecule has 0 aromatic heterocycles. The molecule has 2 fully saturated rings. The van der Waals surface area contributed by atoms with E-state index in [0.29, 0.717) is 26.2 Å². The van der Waals surface area contributed by atoms with Gasteiger partial charge >= 0.3 is 0 Å². The van der Waals surface area contributed by atoms with Crippen LogP contribution < -0.4 is 4.90 Å². The summed E-state index contributed by atoms with van der Waals surface area (Å²) in [5.41, 5.74) is 0.828. The third-order valence-corrected chi connectivity index (χ3v) is 10.9. The fourth-order valence-electron chi connectivity index (χ4n) is 4.97. The van der Waals surface area contributed by atoms with Crippen molar-refractivity contribution in [3.05, 3.63) is 90.7 Å². The standard InChI is InChI=1S/C27H29FN4O5S2/c28-22-11-13-23(14-12-22)29-15-17-30(18-16-29)27(33)26-21-31(38(34,35)24-7-3-1-4-8-24)19-20-32(26)39(36,37)25-9-5-2-6-10-25/h1-14,26H,15-21H2/t26-/m0/s1. The van der Waals surface area contributed by atoms with Crippen LogP contribution in [0.2, 0.25) is 0 Å². The van der Waals surface area contributed by atoms with Gasteiger partial charge in [0.1, 0.15) is 11.9 Å². The van der Waals surface area contributed by atoms with E-state index < -0.39 is 32.0 Å². The average Bonchev–Trinajstić information content (AvgIpc) is 2.98. The SMILES string of the molecule is O=C([C@@H]1CN(S(=O)(=O)c2ccccc2)CCN1S(=O)(=O)c1ccccc1)N1CCN(c2ccc(F)cc2)CC1. The summed E-state index contributed by atoms with van der Waals surface area (Å²) in [6.45, 7) is 1.05. The van der Waals surface area contributed by atoms with Crippen molar-refractivity contribution in [3.63, 3.8) is 0 Å². The molecule has 2 aliphatic heterocycles. The fourth-order valence-corrected chi connectivity index (χ4v) is 8.01. The van der Waals surface area contributed by atoms with Gasteiger partial charge in [0.2, 0.25) is 26.0 Å². The first kappa shape index (κ1) is 27.3. The predicted molar refractivity (Wildman–Crippen MR) is 145 cm³/mol. The highest BCUT2D eigenvalue weighted by molar-refractivity contribution is 7.89. The third kappa shape index (κ3) is 5.55. The topological polar surface area (TPSA) is 98.3 Å². The summed E-state index contributed by atoms with van der Waals surface area (Å²) < 4.78 is 69.7. The second-order valence-corrected chi connectivity index (χ2v) is 13.2. The van der Waals surface area contributed by atoms with E-state index >= 15 is 0 Å². The van der Waals surface area contributed by atoms with Gasteiger partial charge in [0.05, 0.1) is 9.79 Å². The van der Waals surface area contributed by atoms with E-state index in [0.717, 1.165) is 9.99 Å². The smallest absolute Gasteiger partial charge is 0.243 e. The fraction of sp³-hybridized carbons (Fsp3) is 0.296. The molecule has 0 aliphatic carbocycles. The Hall–Kier alpha value is -3.32. The minimum Gasteiger partial charge on any atom is -0.368 e. The number of hydrogen-bond acceptors (Lipinski definition) is 6. The van der Waals surface area contributed by atoms with Crippen molar-refractivity contribution >= 4 is 31.6 Å². The van der Waals surface area contributed by atoms with Crippen LogP contribution in [0.15, 0.2) is 94.7 Å². The second kappa shape index (κ2) is 11.0. The van der Waals surface area contributed by atoms with Crippen LogP contribution >= 0.6 is 0 Å². The van der Waals surface area contributed by atoms with E-state index in [1.165, 1.54) is 40.7 Å². The first-order chi connectivity index (χ1) is 18.7. The number of amides is 1. The van der Waals surface area contributed by atoms with Crippen LogP contribution in [0.1, 0.15) is 0 Å². The number of anilines is 1. The van der Waals surface area contributed by atoms with Crippen LogP contribution in [0.4, 0.5) is 10.1 Å². The van der Waals surface area contributed by atoms with Gasteiger partial charge in [-0.05, 0) is 48.5 Å². The lowest BCUT2D eigenvalue weighted by Gasteiger charge is -2.43. The zero-order chi connectivity index (χ0) is 27.6. The summed E-state index contributed by atoms with van der Waals surface area (Å²) in [4.78, 5) is 17.6. The maximum atomic E-state index is 13.9. The van der Waals surface area contributed by atoms with Crippen molar-refractivity contribution < 1.29 is 26.0 Å². The van der Waals surface area contributed by atoms with Crippen LogP contribution in [0.3, 0.4) is 0 Å². The van der Waals surface area contributed by atoms with Gasteiger partial charge in [-0.25, -0.2) is 21.2 Å². The Morgan fingerprint density at radius 1 is 0.667 bits per heavy atom. The number of rotatable bonds is 6. The molecule has 5 rings (SSSR count). The quantitative estimate of drug-likeness (QED) is 0.450. The number of carbonyl (C=O) groups excluding carboxylic acids is 1. The average molecular weight is 573 g/mol. The maximum absolute atomic E-state index is 13.9. The van der Waals surface area contributed by atoms with Crippen molar-refractivity contribution in [2.45, 2.75) is 15.8 Å². The molecule has 2 saturated heterocycles. The Kier molecular flexibility index (Phi) is 7.72. The van der Waals surface area contributed by atoms with Crippen molar-refractivity contribution in [3.8, 4) is 0 Å². The Morgan fingerprint density at radius 2 is 1.21 bits per heavy atom. The molecule has 9 nitrogen and oxygen atoms in total. The van der Waals surface area contributed by atoms with Crippen molar-refractivity contribution in [1.82, 2.24) is 13.5 Å². The number of carbonyl (C=O) groups is 1. The van der Waals surface area contributed by atoms with Gasteiger partial charge in [0.15, 0.2) is 0 Å². The third-order valence-electron chi connectivity index (χ3n) is 7.09. The van der Waals surface area contributed by atoms with Crippen molar-refractivity contribution in [2.24, 2.45) is 0 Å². The van der Waals surface area contributed by atoms with Crippen LogP contribution in [-0.4, -0.2) is 88.1 Å². The maximum Gasteiger partial charge on any atom is 0.243 e. The summed E-state index contributed by atoms with van der Waals surface area (Å²) in [6.07, 6.45) is 0. The van der Waals surface area contributed by atoms with E-state index in [1.807, 2.05) is 4.90 Å². The van der Waals surface area contributed by atoms with Gasteiger partial charge < -0.3 is 9.80 Å². The summed E-state index contributed by atoms with van der Waals surface area (Å²) in [7, 11) is -8.01. The van der Waals surface area contributed by atoms with Gasteiger partial charge in [0, 0.05) is 51.5 Å². The minimum atomic E-state index is -4.07. The van der Waals surface area contributed by atoms with Crippen LogP contribution in [0.5, 0.6) is 0 Å². The first-order valence-corrected chi connectivity index (χ1v) is 15.5. The highest BCUT2D eigenvalue weighted by atomic mass is 32.2. The summed E-state index contributed by atoms with van der Waals surface area (Å²) in [5.74, 6) is -0.777. The van der Waals surface area contributed by atoms with E-state index in [-0.39, 0.29) is 35.2 Å². The predicted octanol–water partition coefficient (Wildman–Crippen LogP) is 2.24. The molecule has 0 N–H and O–H groups in total. The molecule has 0 radical (unpaired) electrons. The Labute approximate surface area is 228 Å². The molecule has 0 spiro atoms. The zero-order valence-corrected chi connectivity index (χ0v) is 22.8. The second-order valence-electron chi connectivity index (χ2n) is 9.41. The van der Waals surface area contributed by atoms with E-state index in [4.69, 9.17) is 0 Å². The normalized spacial score (nSPS) is 19.7. The van der Waals surface area contributed by atoms with Gasteiger partial charge in [-0.1, -0.05) is 36.4 Å². The number of hydrogen-bond donors (Lipinski definition) is 0. The molecule has 12 heteroatoms. The monoisotopic (exact) mass is 572 g/mol. The van der Waals surface area contributed by atoms with Crippen molar-refractivity contribution in [1.29, 1.82) is 0 Å². The van der Waals surface area contributed by atoms with Gasteiger partial charge in [-0.2, -0.15) is 8.61 Å². The lowest BCUT2D eigenvalue weighted by atomic mass is 10.1. The molecular weight excluding hydrogens is 543 g/mol. The molecule has 2 aliphatic rings. The van der Waals surface area contributed by atoms with E-state index in [2.05, 4.69) is 0 Å². The molecule has 3 aromatic carbocycles. The van der Waals surface area contributed by atoms with Gasteiger partial charge in [-0.15, -0.1) is 0 Å². The summed E-state index contributed by atoms with van der Waals surface area (Å²) in [6, 6.07) is 20.6. The molecule has 0 bridgehead atoms. The minimum absolute atomic E-state index is 0.0447. The highest BCUT2D eigenvalue weighted by Crippen LogP contribution is 2.27. The summed E-state index contributed by atoms with van der Waals surface area (Å²) in [5, 5.41) is 0. The Bertz CT molecular complexity index is 1510. The summed E-state index contributed by atoms with van der Waals surface area (Å²) >= 11 is 0.